The standard InChI is InChI=1S/C32H4F16N4O2.C32H4F16N4/c1-51-27(16-23(39)25(41)28(52-2)26(42)24(16)40)10-4-9-15(18(10)34)29(53-31(43,44)45)8-3-7(17(33)14(8)30(9)54-32(46,47)48)11(5-49)13-21(37)19(35)12(6-50)20(36)22(13)38;1-51-29(16-25(39)27(41)30(52-2)28(42)26(16)40)10-4-9-14(20(10)34)17(31(43,44)45)8-3-7(19(33)13(8)18(9)32(46,47)48)11(5-49)15-23(37)21(35)12(6-50)22(36)24(15)38/h3-4H2;3-4H2/b11-7+,27-10-;11-7+,29-10-. The van der Waals surface area contributed by atoms with Gasteiger partial charge in [0.15, 0.2) is 69.8 Å². The minimum Gasteiger partial charge on any atom is -0.405 e. The van der Waals surface area contributed by atoms with Crippen LogP contribution in [-0.2, 0) is 38.0 Å². The van der Waals surface area contributed by atoms with Gasteiger partial charge in [0.05, 0.1) is 81.3 Å². The average molecular weight is 1530 g/mol. The van der Waals surface area contributed by atoms with E-state index >= 15 is 17.6 Å². The van der Waals surface area contributed by atoms with Gasteiger partial charge in [-0.1, -0.05) is 0 Å². The largest absolute Gasteiger partial charge is 0.573 e. The Labute approximate surface area is 562 Å². The predicted molar refractivity (Wildman–Crippen MR) is 287 cm³/mol. The number of nitrogens with zero attached hydrogens (tertiary/aromatic N) is 8. The van der Waals surface area contributed by atoms with E-state index in [0.29, 0.717) is 0 Å². The van der Waals surface area contributed by atoms with Crippen molar-refractivity contribution < 1.29 is 150 Å². The van der Waals surface area contributed by atoms with E-state index in [1.807, 2.05) is 0 Å². The second kappa shape index (κ2) is 26.7. The molecule has 0 unspecified atom stereocenters. The fourth-order valence-corrected chi connectivity index (χ4v) is 11.6. The van der Waals surface area contributed by atoms with E-state index in [1.54, 1.807) is 0 Å². The van der Waals surface area contributed by atoms with Crippen LogP contribution in [0.3, 0.4) is 0 Å². The Morgan fingerprint density at radius 1 is 0.321 bits per heavy atom. The summed E-state index contributed by atoms with van der Waals surface area (Å²) in [6.07, 6.45) is -31.3. The Balaban J connectivity index is 0.000000245. The van der Waals surface area contributed by atoms with Crippen molar-refractivity contribution in [2.45, 2.75) is 50.8 Å². The zero-order valence-electron chi connectivity index (χ0n) is 49.3. The van der Waals surface area contributed by atoms with Gasteiger partial charge in [-0.25, -0.2) is 107 Å². The lowest BCUT2D eigenvalue weighted by Crippen LogP contribution is -2.35. The normalized spacial score (nSPS) is 15.7. The topological polar surface area (TPSA) is 131 Å². The molecular weight excluding hydrogens is 1520 g/mol. The molecule has 42 heteroatoms. The highest BCUT2D eigenvalue weighted by Crippen LogP contribution is 2.49. The van der Waals surface area contributed by atoms with E-state index < -0.39 is 322 Å². The molecule has 0 N–H and O–H groups in total. The monoisotopic (exact) mass is 1530 g/mol. The number of ether oxygens (including phenoxy) is 2. The molecule has 0 heterocycles. The lowest BCUT2D eigenvalue weighted by atomic mass is 9.92. The van der Waals surface area contributed by atoms with Crippen LogP contribution < -0.4 is 30.3 Å². The molecule has 0 atom stereocenters. The van der Waals surface area contributed by atoms with E-state index in [4.69, 9.17) is 36.8 Å². The Morgan fingerprint density at radius 3 is 0.821 bits per heavy atom. The summed E-state index contributed by atoms with van der Waals surface area (Å²) in [6.45, 7) is 27.9. The zero-order valence-corrected chi connectivity index (χ0v) is 49.3. The van der Waals surface area contributed by atoms with Crippen molar-refractivity contribution in [1.82, 2.24) is 0 Å². The Hall–Kier alpha value is -13.0. The van der Waals surface area contributed by atoms with Gasteiger partial charge in [-0.3, -0.25) is 0 Å². The van der Waals surface area contributed by atoms with Crippen LogP contribution in [0.5, 0.6) is 11.5 Å². The summed E-state index contributed by atoms with van der Waals surface area (Å²) < 4.78 is 477. The molecule has 0 saturated heterocycles. The first-order valence-corrected chi connectivity index (χ1v) is 26.9. The average Bonchev–Trinajstić information content (AvgIpc) is 1.54. The van der Waals surface area contributed by atoms with Crippen LogP contribution in [0.1, 0.15) is 66.8 Å². The van der Waals surface area contributed by atoms with Crippen molar-refractivity contribution in [2.24, 2.45) is 0 Å². The number of nitriles is 4. The third-order valence-corrected chi connectivity index (χ3v) is 15.7. The van der Waals surface area contributed by atoms with Gasteiger partial charge < -0.3 is 9.47 Å². The molecule has 0 fully saturated rings. The molecule has 0 saturated carbocycles. The Bertz CT molecular complexity index is 5460. The van der Waals surface area contributed by atoms with Crippen molar-refractivity contribution in [3.63, 3.8) is 0 Å². The summed E-state index contributed by atoms with van der Waals surface area (Å²) in [4.78, 5) is 9.42. The van der Waals surface area contributed by atoms with Crippen molar-refractivity contribution in [1.29, 1.82) is 21.0 Å². The summed E-state index contributed by atoms with van der Waals surface area (Å²) in [7, 11) is 0. The van der Waals surface area contributed by atoms with Gasteiger partial charge in [0.25, 0.3) is 11.4 Å². The quantitative estimate of drug-likeness (QED) is 0.0706. The molecule has 0 radical (unpaired) electrons. The molecule has 6 aromatic rings. The van der Waals surface area contributed by atoms with Crippen LogP contribution >= 0.6 is 0 Å². The van der Waals surface area contributed by atoms with Crippen molar-refractivity contribution in [3.05, 3.63) is 249 Å². The summed E-state index contributed by atoms with van der Waals surface area (Å²) >= 11 is 0. The molecule has 6 aromatic carbocycles. The van der Waals surface area contributed by atoms with Crippen LogP contribution in [0.25, 0.3) is 65.2 Å². The van der Waals surface area contributed by atoms with E-state index in [9.17, 15) is 133 Å². The number of benzene rings is 6. The minimum atomic E-state index is -6.03. The Kier molecular flexibility index (Phi) is 19.4. The maximum Gasteiger partial charge on any atom is 0.573 e. The first kappa shape index (κ1) is 77.2. The molecule has 540 valence electrons. The molecule has 106 heavy (non-hydrogen) atoms. The summed E-state index contributed by atoms with van der Waals surface area (Å²) in [6, 6.07) is 3.23. The maximum atomic E-state index is 16.3. The molecule has 4 aliphatic rings. The lowest BCUT2D eigenvalue weighted by Gasteiger charge is -2.18. The summed E-state index contributed by atoms with van der Waals surface area (Å²) in [5, 5.41) is 29.0. The number of fused-ring (bicyclic) bond motifs is 4. The maximum absolute atomic E-state index is 16.3. The molecule has 0 amide bonds. The molecule has 0 bridgehead atoms. The van der Waals surface area contributed by atoms with Crippen molar-refractivity contribution in [2.75, 3.05) is 0 Å². The first-order valence-electron chi connectivity index (χ1n) is 26.9. The highest BCUT2D eigenvalue weighted by molar-refractivity contribution is 5.95. The van der Waals surface area contributed by atoms with Gasteiger partial charge in [0.1, 0.15) is 93.5 Å². The molecule has 4 aliphatic carbocycles. The number of halogens is 32. The molecule has 0 spiro atoms. The van der Waals surface area contributed by atoms with E-state index in [-0.39, 0.29) is 0 Å². The SMILES string of the molecule is [C-]#[N+]/C(=C1/Cc2c(C(F)(F)F)c3c(c(C(F)(F)F)c2=C1F)C/C(=C(/C#N)c1c(F)c(F)c(C#N)c(F)c1F)C=3F)c1c(F)c(F)c([N+]#[C-])c(F)c1F.[C-]#[N+]/C(=C1/Cc2c(OC(F)(F)F)c3c(c(OC(F)(F)F)c2=C1F)C/C(=C(/C#N)c1c(F)c(F)c(C#N)c(F)c1F)C=3F)c1c(F)c(F)c([N+]#[C-])c(F)c1F. The summed E-state index contributed by atoms with van der Waals surface area (Å²) in [5.74, 6) is -53.8. The lowest BCUT2D eigenvalue weighted by molar-refractivity contribution is -0.277. The smallest absolute Gasteiger partial charge is 0.405 e. The third-order valence-electron chi connectivity index (χ3n) is 15.7. The van der Waals surface area contributed by atoms with Gasteiger partial charge in [0, 0.05) is 45.6 Å². The Morgan fingerprint density at radius 2 is 0.566 bits per heavy atom. The highest BCUT2D eigenvalue weighted by atomic mass is 19.4. The van der Waals surface area contributed by atoms with Gasteiger partial charge >= 0.3 is 25.1 Å². The molecule has 10 nitrogen and oxygen atoms in total. The molecular formula is C64H8F32N8O2. The second-order valence-electron chi connectivity index (χ2n) is 21.1. The summed E-state index contributed by atoms with van der Waals surface area (Å²) in [5.41, 5.74) is -41.9. The van der Waals surface area contributed by atoms with Crippen molar-refractivity contribution in [3.8, 4) is 35.8 Å². The minimum absolute atomic E-state index is 0.734. The van der Waals surface area contributed by atoms with Gasteiger partial charge in [0.2, 0.25) is 11.4 Å². The fourth-order valence-electron chi connectivity index (χ4n) is 11.6. The first-order chi connectivity index (χ1) is 49.2. The van der Waals surface area contributed by atoms with E-state index in [1.165, 1.54) is 0 Å². The van der Waals surface area contributed by atoms with Gasteiger partial charge in [-0.15, -0.1) is 26.3 Å². The molecule has 0 aromatic heterocycles. The number of alkyl halides is 12. The molecule has 0 aliphatic heterocycles. The van der Waals surface area contributed by atoms with E-state index in [0.717, 1.165) is 24.3 Å². The van der Waals surface area contributed by atoms with Crippen molar-refractivity contribution >= 4 is 57.2 Å². The van der Waals surface area contributed by atoms with Gasteiger partial charge in [-0.2, -0.15) is 47.4 Å². The van der Waals surface area contributed by atoms with E-state index in [2.05, 4.69) is 28.9 Å². The number of hydrogen-bond acceptors (Lipinski definition) is 6. The van der Waals surface area contributed by atoms with Crippen LogP contribution in [0.15, 0.2) is 22.3 Å². The predicted octanol–water partition coefficient (Wildman–Crippen LogP) is 17.4. The van der Waals surface area contributed by atoms with Crippen LogP contribution in [0.4, 0.5) is 152 Å². The second-order valence-corrected chi connectivity index (χ2v) is 21.1. The van der Waals surface area contributed by atoms with Crippen LogP contribution in [-0.4, -0.2) is 12.7 Å². The fraction of sp³-hybridized carbons (Fsp3) is 0.125. The molecule has 10 rings (SSSR count). The van der Waals surface area contributed by atoms with Crippen LogP contribution in [0, 0.1) is 165 Å². The highest BCUT2D eigenvalue weighted by Gasteiger charge is 2.50. The number of allylic oxidation sites excluding steroid dienone is 6. The van der Waals surface area contributed by atoms with Gasteiger partial charge in [-0.05, 0) is 35.1 Å². The van der Waals surface area contributed by atoms with Crippen LogP contribution in [0.2, 0.25) is 0 Å². The number of hydrogen-bond donors (Lipinski definition) is 0. The number of rotatable bonds is 6. The zero-order chi connectivity index (χ0) is 79.6. The third kappa shape index (κ3) is 11.9.